The summed E-state index contributed by atoms with van der Waals surface area (Å²) >= 11 is 0. The summed E-state index contributed by atoms with van der Waals surface area (Å²) < 4.78 is 41.8. The van der Waals surface area contributed by atoms with Gasteiger partial charge in [-0.1, -0.05) is 25.5 Å². The monoisotopic (exact) mass is 299 g/mol. The smallest absolute Gasteiger partial charge is 0.422 e. The number of hydrazine groups is 1. The van der Waals surface area contributed by atoms with Crippen molar-refractivity contribution in [2.75, 3.05) is 12.0 Å². The first-order valence-corrected chi connectivity index (χ1v) is 6.53. The van der Waals surface area contributed by atoms with Crippen LogP contribution in [-0.2, 0) is 6.42 Å². The Kier molecular flexibility index (Phi) is 4.52. The third kappa shape index (κ3) is 3.75. The van der Waals surface area contributed by atoms with E-state index in [1.54, 1.807) is 18.2 Å². The molecule has 1 aromatic carbocycles. The van der Waals surface area contributed by atoms with Crippen molar-refractivity contribution >= 4 is 16.6 Å². The van der Waals surface area contributed by atoms with Crippen molar-refractivity contribution in [2.24, 2.45) is 5.84 Å². The average molecular weight is 299 g/mol. The van der Waals surface area contributed by atoms with Gasteiger partial charge in [0.25, 0.3) is 0 Å². The number of para-hydroxylation sites is 1. The first kappa shape index (κ1) is 15.4. The van der Waals surface area contributed by atoms with Crippen molar-refractivity contribution < 1.29 is 17.9 Å². The van der Waals surface area contributed by atoms with Crippen molar-refractivity contribution in [1.29, 1.82) is 0 Å². The van der Waals surface area contributed by atoms with E-state index >= 15 is 0 Å². The second-order valence-electron chi connectivity index (χ2n) is 4.61. The topological polar surface area (TPSA) is 60.2 Å². The number of rotatable bonds is 5. The number of benzene rings is 1. The number of ether oxygens (including phenoxy) is 1. The van der Waals surface area contributed by atoms with Crippen molar-refractivity contribution in [2.45, 2.75) is 25.9 Å². The van der Waals surface area contributed by atoms with Gasteiger partial charge < -0.3 is 10.2 Å². The molecule has 0 aliphatic rings. The Bertz CT molecular complexity index is 629. The van der Waals surface area contributed by atoms with Crippen molar-refractivity contribution in [3.05, 3.63) is 30.0 Å². The van der Waals surface area contributed by atoms with E-state index in [0.29, 0.717) is 23.0 Å². The SMILES string of the molecule is CCCc1cc(NN)c2cccc(OCC(F)(F)F)c2n1. The lowest BCUT2D eigenvalue weighted by Crippen LogP contribution is -2.19. The lowest BCUT2D eigenvalue weighted by Gasteiger charge is -2.14. The third-order valence-electron chi connectivity index (χ3n) is 2.91. The Morgan fingerprint density at radius 2 is 2.10 bits per heavy atom. The molecule has 0 bridgehead atoms. The molecule has 0 aliphatic carbocycles. The minimum atomic E-state index is -4.39. The van der Waals surface area contributed by atoms with Crippen molar-refractivity contribution in [3.63, 3.8) is 0 Å². The summed E-state index contributed by atoms with van der Waals surface area (Å²) in [5.41, 5.74) is 4.29. The Labute approximate surface area is 120 Å². The van der Waals surface area contributed by atoms with Crippen LogP contribution >= 0.6 is 0 Å². The molecule has 0 radical (unpaired) electrons. The van der Waals surface area contributed by atoms with Gasteiger partial charge in [-0.05, 0) is 18.6 Å². The summed E-state index contributed by atoms with van der Waals surface area (Å²) in [6.07, 6.45) is -2.82. The highest BCUT2D eigenvalue weighted by molar-refractivity contribution is 5.94. The molecular weight excluding hydrogens is 283 g/mol. The predicted molar refractivity (Wildman–Crippen MR) is 75.1 cm³/mol. The van der Waals surface area contributed by atoms with E-state index in [2.05, 4.69) is 10.4 Å². The molecule has 0 aliphatic heterocycles. The van der Waals surface area contributed by atoms with E-state index in [9.17, 15) is 13.2 Å². The summed E-state index contributed by atoms with van der Waals surface area (Å²) in [5.74, 6) is 5.57. The number of nitrogens with one attached hydrogen (secondary N) is 1. The molecule has 3 N–H and O–H groups in total. The molecule has 1 heterocycles. The number of halogens is 3. The molecule has 0 saturated heterocycles. The predicted octanol–water partition coefficient (Wildman–Crippen LogP) is 3.41. The van der Waals surface area contributed by atoms with Crippen LogP contribution in [0.25, 0.3) is 10.9 Å². The van der Waals surface area contributed by atoms with Crippen LogP contribution in [0, 0.1) is 0 Å². The highest BCUT2D eigenvalue weighted by Gasteiger charge is 2.28. The highest BCUT2D eigenvalue weighted by atomic mass is 19.4. The molecule has 2 rings (SSSR count). The number of aromatic nitrogens is 1. The van der Waals surface area contributed by atoms with Gasteiger partial charge in [0.15, 0.2) is 6.61 Å². The Hall–Kier alpha value is -2.02. The lowest BCUT2D eigenvalue weighted by molar-refractivity contribution is -0.153. The standard InChI is InChI=1S/C14H16F3N3O/c1-2-4-9-7-11(20-18)10-5-3-6-12(13(10)19-9)21-8-14(15,16)17/h3,5-7H,2,4,8,18H2,1H3,(H,19,20). The highest BCUT2D eigenvalue weighted by Crippen LogP contribution is 2.31. The van der Waals surface area contributed by atoms with Crippen LogP contribution in [0.1, 0.15) is 19.0 Å². The molecule has 0 saturated carbocycles. The molecule has 0 spiro atoms. The minimum Gasteiger partial charge on any atom is -0.482 e. The molecule has 21 heavy (non-hydrogen) atoms. The normalized spacial score (nSPS) is 11.7. The number of anilines is 1. The van der Waals surface area contributed by atoms with Gasteiger partial charge in [0.05, 0.1) is 5.69 Å². The molecule has 114 valence electrons. The van der Waals surface area contributed by atoms with Crippen molar-refractivity contribution in [3.8, 4) is 5.75 Å². The van der Waals surface area contributed by atoms with Gasteiger partial charge in [-0.15, -0.1) is 0 Å². The van der Waals surface area contributed by atoms with Crippen LogP contribution in [-0.4, -0.2) is 17.8 Å². The Balaban J connectivity index is 2.48. The van der Waals surface area contributed by atoms with Gasteiger partial charge in [0.2, 0.25) is 0 Å². The van der Waals surface area contributed by atoms with Crippen LogP contribution in [0.15, 0.2) is 24.3 Å². The molecule has 2 aromatic rings. The maximum absolute atomic E-state index is 12.3. The number of nitrogens with two attached hydrogens (primary N) is 1. The van der Waals surface area contributed by atoms with Crippen LogP contribution < -0.4 is 16.0 Å². The fourth-order valence-corrected chi connectivity index (χ4v) is 2.05. The third-order valence-corrected chi connectivity index (χ3v) is 2.91. The summed E-state index contributed by atoms with van der Waals surface area (Å²) in [7, 11) is 0. The van der Waals surface area contributed by atoms with Gasteiger partial charge in [0.1, 0.15) is 11.3 Å². The zero-order valence-corrected chi connectivity index (χ0v) is 11.5. The number of hydrogen-bond donors (Lipinski definition) is 2. The summed E-state index contributed by atoms with van der Waals surface area (Å²) in [5, 5.41) is 0.622. The quantitative estimate of drug-likeness (QED) is 0.656. The molecule has 0 amide bonds. The summed E-state index contributed by atoms with van der Waals surface area (Å²) in [6, 6.07) is 6.60. The summed E-state index contributed by atoms with van der Waals surface area (Å²) in [6.45, 7) is 0.644. The van der Waals surface area contributed by atoms with Gasteiger partial charge in [-0.2, -0.15) is 13.2 Å². The molecule has 0 fully saturated rings. The van der Waals surface area contributed by atoms with Gasteiger partial charge >= 0.3 is 6.18 Å². The van der Waals surface area contributed by atoms with Crippen LogP contribution in [0.2, 0.25) is 0 Å². The fraction of sp³-hybridized carbons (Fsp3) is 0.357. The maximum Gasteiger partial charge on any atom is 0.422 e. The molecular formula is C14H16F3N3O. The zero-order valence-electron chi connectivity index (χ0n) is 11.5. The van der Waals surface area contributed by atoms with Gasteiger partial charge in [-0.3, -0.25) is 5.84 Å². The van der Waals surface area contributed by atoms with E-state index in [-0.39, 0.29) is 5.75 Å². The lowest BCUT2D eigenvalue weighted by atomic mass is 10.1. The first-order valence-electron chi connectivity index (χ1n) is 6.53. The zero-order chi connectivity index (χ0) is 15.5. The van der Waals surface area contributed by atoms with Crippen LogP contribution in [0.4, 0.5) is 18.9 Å². The summed E-state index contributed by atoms with van der Waals surface area (Å²) in [4.78, 5) is 4.39. The fourth-order valence-electron chi connectivity index (χ4n) is 2.05. The minimum absolute atomic E-state index is 0.0966. The molecule has 0 unspecified atom stereocenters. The second kappa shape index (κ2) is 6.17. The van der Waals surface area contributed by atoms with Crippen LogP contribution in [0.3, 0.4) is 0 Å². The van der Waals surface area contributed by atoms with E-state index in [1.165, 1.54) is 6.07 Å². The number of nitrogen functional groups attached to an aromatic ring is 1. The number of aryl methyl sites for hydroxylation is 1. The molecule has 7 heteroatoms. The Morgan fingerprint density at radius 3 is 2.71 bits per heavy atom. The maximum atomic E-state index is 12.3. The Morgan fingerprint density at radius 1 is 1.33 bits per heavy atom. The number of fused-ring (bicyclic) bond motifs is 1. The molecule has 4 nitrogen and oxygen atoms in total. The molecule has 0 atom stereocenters. The second-order valence-corrected chi connectivity index (χ2v) is 4.61. The van der Waals surface area contributed by atoms with E-state index in [1.807, 2.05) is 6.92 Å². The first-order chi connectivity index (χ1) is 9.94. The van der Waals surface area contributed by atoms with E-state index in [4.69, 9.17) is 10.6 Å². The number of pyridine rings is 1. The van der Waals surface area contributed by atoms with Crippen LogP contribution in [0.5, 0.6) is 5.75 Å². The number of nitrogens with zero attached hydrogens (tertiary/aromatic N) is 1. The van der Waals surface area contributed by atoms with Gasteiger partial charge in [0, 0.05) is 11.1 Å². The number of hydrogen-bond acceptors (Lipinski definition) is 4. The molecule has 1 aromatic heterocycles. The largest absolute Gasteiger partial charge is 0.482 e. The van der Waals surface area contributed by atoms with Gasteiger partial charge in [-0.25, -0.2) is 4.98 Å². The van der Waals surface area contributed by atoms with Crippen molar-refractivity contribution in [1.82, 2.24) is 4.98 Å². The average Bonchev–Trinajstić information content (AvgIpc) is 2.43. The van der Waals surface area contributed by atoms with E-state index in [0.717, 1.165) is 12.1 Å². The van der Waals surface area contributed by atoms with E-state index < -0.39 is 12.8 Å². The number of alkyl halides is 3.